The molecule has 0 radical (unpaired) electrons. The molecule has 13 heteroatoms. The Labute approximate surface area is 223 Å². The van der Waals surface area contributed by atoms with Gasteiger partial charge in [0.1, 0.15) is 17.4 Å². The number of likely N-dealkylation sites (tertiary alicyclic amines) is 1. The molecule has 3 aromatic rings. The van der Waals surface area contributed by atoms with Gasteiger partial charge in [-0.05, 0) is 55.4 Å². The minimum absolute atomic E-state index is 0.0235. The van der Waals surface area contributed by atoms with E-state index < -0.39 is 24.7 Å². The number of anilines is 2. The molecule has 208 valence electrons. The summed E-state index contributed by atoms with van der Waals surface area (Å²) in [6, 6.07) is 5.87. The highest BCUT2D eigenvalue weighted by Crippen LogP contribution is 2.38. The smallest absolute Gasteiger partial charge is 0.285 e. The lowest BCUT2D eigenvalue weighted by molar-refractivity contribution is -0.140. The van der Waals surface area contributed by atoms with E-state index in [9.17, 15) is 18.0 Å². The number of nitrogens with one attached hydrogen (secondary N) is 3. The summed E-state index contributed by atoms with van der Waals surface area (Å²) in [5, 5.41) is 13.9. The summed E-state index contributed by atoms with van der Waals surface area (Å²) in [6.07, 6.45) is 3.14. The maximum Gasteiger partial charge on any atom is 0.285 e. The number of aromatic nitrogens is 3. The summed E-state index contributed by atoms with van der Waals surface area (Å²) in [4.78, 5) is 17.0. The molecule has 1 unspecified atom stereocenters. The summed E-state index contributed by atoms with van der Waals surface area (Å²) in [7, 11) is 1.44. The topological polar surface area (TPSA) is 120 Å². The molecule has 3 heterocycles. The number of methoxy groups -OCH3 is 1. The van der Waals surface area contributed by atoms with Gasteiger partial charge in [-0.15, -0.1) is 5.10 Å². The average Bonchev–Trinajstić information content (AvgIpc) is 3.68. The molecule has 2 atom stereocenters. The van der Waals surface area contributed by atoms with Crippen LogP contribution in [0.15, 0.2) is 35.6 Å². The molecule has 1 saturated carbocycles. The largest absolute Gasteiger partial charge is 0.479 e. The molecule has 10 nitrogen and oxygen atoms in total. The standard InChI is InChI=1S/C26H31F3N8O2/c1-15(38)36-11-9-22(26(28,29)14-36)32-25-33-24(39-2)23-18(8-12-37(23)35-25)17-5-6-20(34-30)21(13-17)31-10-7-19(27)16-3-4-16/h5-6,8,12-13,16,19,22,30-31H,3-4,7,9-11,14H2,1-2H3,(H,32,35)/t19?,22-/m1/s1. The average molecular weight is 545 g/mol. The van der Waals surface area contributed by atoms with Gasteiger partial charge < -0.3 is 20.3 Å². The number of hydrogen-bond acceptors (Lipinski definition) is 8. The van der Waals surface area contributed by atoms with Crippen molar-refractivity contribution in [2.24, 2.45) is 11.0 Å². The molecule has 39 heavy (non-hydrogen) atoms. The zero-order valence-electron chi connectivity index (χ0n) is 21.8. The number of hydrogen-bond donors (Lipinski definition) is 3. The van der Waals surface area contributed by atoms with Crippen LogP contribution >= 0.6 is 0 Å². The van der Waals surface area contributed by atoms with Crippen molar-refractivity contribution in [3.8, 4) is 17.0 Å². The van der Waals surface area contributed by atoms with E-state index in [1.54, 1.807) is 24.4 Å². The minimum atomic E-state index is -3.16. The van der Waals surface area contributed by atoms with Crippen LogP contribution in [0, 0.1) is 11.4 Å². The van der Waals surface area contributed by atoms with E-state index in [0.29, 0.717) is 29.9 Å². The highest BCUT2D eigenvalue weighted by Gasteiger charge is 2.46. The Morgan fingerprint density at radius 1 is 1.31 bits per heavy atom. The Bertz CT molecular complexity index is 1380. The van der Waals surface area contributed by atoms with Crippen LogP contribution in [-0.2, 0) is 4.79 Å². The van der Waals surface area contributed by atoms with E-state index in [1.807, 2.05) is 6.07 Å². The Morgan fingerprint density at radius 3 is 2.77 bits per heavy atom. The fraction of sp³-hybridized carbons (Fsp3) is 0.500. The van der Waals surface area contributed by atoms with Gasteiger partial charge in [-0.25, -0.2) is 23.2 Å². The first-order valence-corrected chi connectivity index (χ1v) is 12.9. The summed E-state index contributed by atoms with van der Waals surface area (Å²) in [6.45, 7) is 1.23. The Balaban J connectivity index is 1.39. The normalized spacial score (nSPS) is 19.5. The summed E-state index contributed by atoms with van der Waals surface area (Å²) in [5.41, 5.74) is 10.5. The van der Waals surface area contributed by atoms with Gasteiger partial charge in [0, 0.05) is 31.8 Å². The highest BCUT2D eigenvalue weighted by atomic mass is 19.3. The van der Waals surface area contributed by atoms with Gasteiger partial charge in [0.2, 0.25) is 17.7 Å². The van der Waals surface area contributed by atoms with Gasteiger partial charge in [-0.2, -0.15) is 10.1 Å². The number of amides is 1. The lowest BCUT2D eigenvalue weighted by Crippen LogP contribution is -2.55. The van der Waals surface area contributed by atoms with Gasteiger partial charge in [0.15, 0.2) is 0 Å². The minimum Gasteiger partial charge on any atom is -0.479 e. The number of ether oxygens (including phenoxy) is 1. The SMILES string of the molecule is COc1nc(N[C@@H]2CCN(C(C)=O)CC2(F)F)nn2ccc(-c3ccc(N=N)c(NCCC(F)C4CC4)c3)c12. The number of alkyl halides is 3. The maximum atomic E-state index is 14.8. The second-order valence-corrected chi connectivity index (χ2v) is 10.1. The Kier molecular flexibility index (Phi) is 7.32. The van der Waals surface area contributed by atoms with Crippen molar-refractivity contribution in [3.05, 3.63) is 30.5 Å². The second-order valence-electron chi connectivity index (χ2n) is 10.1. The van der Waals surface area contributed by atoms with Crippen molar-refractivity contribution in [1.29, 1.82) is 5.53 Å². The van der Waals surface area contributed by atoms with Crippen LogP contribution in [0.4, 0.5) is 30.5 Å². The molecule has 2 aromatic heterocycles. The van der Waals surface area contributed by atoms with Crippen LogP contribution in [0.3, 0.4) is 0 Å². The number of rotatable bonds is 10. The molecule has 0 spiro atoms. The molecule has 2 fully saturated rings. The highest BCUT2D eigenvalue weighted by molar-refractivity contribution is 5.87. The van der Waals surface area contributed by atoms with E-state index in [2.05, 4.69) is 25.8 Å². The van der Waals surface area contributed by atoms with Crippen LogP contribution < -0.4 is 15.4 Å². The van der Waals surface area contributed by atoms with E-state index in [-0.39, 0.29) is 36.6 Å². The molecular formula is C26H31F3N8O2. The van der Waals surface area contributed by atoms with Gasteiger partial charge in [0.05, 0.1) is 25.4 Å². The predicted molar refractivity (Wildman–Crippen MR) is 140 cm³/mol. The summed E-state index contributed by atoms with van der Waals surface area (Å²) >= 11 is 0. The van der Waals surface area contributed by atoms with Crippen LogP contribution in [0.25, 0.3) is 16.6 Å². The molecule has 2 aliphatic rings. The third-order valence-corrected chi connectivity index (χ3v) is 7.32. The van der Waals surface area contributed by atoms with E-state index >= 15 is 0 Å². The van der Waals surface area contributed by atoms with Crippen LogP contribution in [0.2, 0.25) is 0 Å². The van der Waals surface area contributed by atoms with Crippen LogP contribution in [0.1, 0.15) is 32.6 Å². The summed E-state index contributed by atoms with van der Waals surface area (Å²) < 4.78 is 50.7. The van der Waals surface area contributed by atoms with Crippen molar-refractivity contribution in [3.63, 3.8) is 0 Å². The third-order valence-electron chi connectivity index (χ3n) is 7.32. The quantitative estimate of drug-likeness (QED) is 0.299. The molecule has 5 rings (SSSR count). The lowest BCUT2D eigenvalue weighted by atomic mass is 10.0. The monoisotopic (exact) mass is 544 g/mol. The molecule has 1 saturated heterocycles. The predicted octanol–water partition coefficient (Wildman–Crippen LogP) is 5.29. The lowest BCUT2D eigenvalue weighted by Gasteiger charge is -2.38. The first-order valence-electron chi connectivity index (χ1n) is 12.9. The van der Waals surface area contributed by atoms with Gasteiger partial charge >= 0.3 is 0 Å². The van der Waals surface area contributed by atoms with Crippen molar-refractivity contribution < 1.29 is 22.7 Å². The molecule has 1 amide bonds. The van der Waals surface area contributed by atoms with E-state index in [0.717, 1.165) is 28.9 Å². The summed E-state index contributed by atoms with van der Waals surface area (Å²) in [5.74, 6) is -3.22. The first-order chi connectivity index (χ1) is 18.7. The zero-order valence-corrected chi connectivity index (χ0v) is 21.8. The van der Waals surface area contributed by atoms with Gasteiger partial charge in [0.25, 0.3) is 5.92 Å². The van der Waals surface area contributed by atoms with Crippen molar-refractivity contribution in [2.45, 2.75) is 50.7 Å². The Hall–Kier alpha value is -3.90. The molecule has 0 bridgehead atoms. The van der Waals surface area contributed by atoms with E-state index in [1.165, 1.54) is 18.5 Å². The van der Waals surface area contributed by atoms with Crippen molar-refractivity contribution in [2.75, 3.05) is 37.4 Å². The first kappa shape index (κ1) is 26.7. The van der Waals surface area contributed by atoms with E-state index in [4.69, 9.17) is 10.3 Å². The van der Waals surface area contributed by atoms with Crippen molar-refractivity contribution in [1.82, 2.24) is 19.5 Å². The number of carbonyl (C=O) groups is 1. The zero-order chi connectivity index (χ0) is 27.7. The number of fused-ring (bicyclic) bond motifs is 1. The van der Waals surface area contributed by atoms with Gasteiger partial charge in [-0.1, -0.05) is 6.07 Å². The maximum absolute atomic E-state index is 14.8. The number of piperidine rings is 1. The number of benzene rings is 1. The second kappa shape index (κ2) is 10.7. The fourth-order valence-corrected chi connectivity index (χ4v) is 4.95. The number of carbonyl (C=O) groups excluding carboxylic acids is 1. The molecule has 1 aliphatic carbocycles. The molecular weight excluding hydrogens is 513 g/mol. The van der Waals surface area contributed by atoms with Crippen LogP contribution in [-0.4, -0.2) is 70.3 Å². The van der Waals surface area contributed by atoms with Crippen LogP contribution in [0.5, 0.6) is 5.88 Å². The Morgan fingerprint density at radius 2 is 2.10 bits per heavy atom. The molecule has 3 N–H and O–H groups in total. The molecule has 1 aromatic carbocycles. The number of nitrogens with zero attached hydrogens (tertiary/aromatic N) is 5. The molecule has 1 aliphatic heterocycles. The van der Waals surface area contributed by atoms with Crippen molar-refractivity contribution >= 4 is 28.7 Å². The fourth-order valence-electron chi connectivity index (χ4n) is 4.95. The third kappa shape index (κ3) is 5.62. The number of halogens is 3. The van der Waals surface area contributed by atoms with Gasteiger partial charge in [-0.3, -0.25) is 4.79 Å².